The lowest BCUT2D eigenvalue weighted by molar-refractivity contribution is -0.144. The van der Waals surface area contributed by atoms with Crippen LogP contribution >= 0.6 is 11.8 Å². The Balaban J connectivity index is 2.39. The van der Waals surface area contributed by atoms with Crippen LogP contribution < -0.4 is 0 Å². The Morgan fingerprint density at radius 1 is 1.53 bits per heavy atom. The number of aromatic nitrogens is 2. The van der Waals surface area contributed by atoms with Gasteiger partial charge in [0.05, 0.1) is 5.69 Å². The molecule has 0 saturated heterocycles. The molecule has 0 radical (unpaired) electrons. The van der Waals surface area contributed by atoms with Gasteiger partial charge in [-0.2, -0.15) is 18.4 Å². The Hall–Kier alpha value is -1.16. The van der Waals surface area contributed by atoms with Crippen LogP contribution in [0.5, 0.6) is 0 Å². The number of hydrogen-bond donors (Lipinski definition) is 0. The van der Waals surface area contributed by atoms with Gasteiger partial charge in [-0.25, -0.2) is 4.98 Å². The van der Waals surface area contributed by atoms with E-state index >= 15 is 0 Å². The number of fused-ring (bicyclic) bond motifs is 1. The average Bonchev–Trinajstić information content (AvgIpc) is 2.53. The molecule has 0 N–H and O–H groups in total. The van der Waals surface area contributed by atoms with Crippen LogP contribution in [-0.2, 0) is 19.1 Å². The lowest BCUT2D eigenvalue weighted by Crippen LogP contribution is -2.26. The van der Waals surface area contributed by atoms with Gasteiger partial charge in [0.1, 0.15) is 16.9 Å². The smallest absolute Gasteiger partial charge is 0.323 e. The highest BCUT2D eigenvalue weighted by molar-refractivity contribution is 8.04. The SMILES string of the molecule is Cc1nc2n(c1C(F)(F)F)CC(SC#N)CC2. The molecule has 3 nitrogen and oxygen atoms in total. The van der Waals surface area contributed by atoms with Crippen molar-refractivity contribution in [3.05, 3.63) is 17.2 Å². The predicted octanol–water partition coefficient (Wildman–Crippen LogP) is 2.74. The number of aryl methyl sites for hydroxylation is 2. The summed E-state index contributed by atoms with van der Waals surface area (Å²) >= 11 is 1.03. The maximum absolute atomic E-state index is 12.9. The number of thiocyanates is 1. The topological polar surface area (TPSA) is 41.6 Å². The van der Waals surface area contributed by atoms with Gasteiger partial charge in [-0.05, 0) is 25.1 Å². The van der Waals surface area contributed by atoms with E-state index in [0.717, 1.165) is 11.8 Å². The van der Waals surface area contributed by atoms with Crippen LogP contribution in [0.15, 0.2) is 0 Å². The molecule has 1 atom stereocenters. The van der Waals surface area contributed by atoms with Crippen molar-refractivity contribution < 1.29 is 13.2 Å². The first kappa shape index (κ1) is 12.3. The van der Waals surface area contributed by atoms with Crippen molar-refractivity contribution in [2.24, 2.45) is 0 Å². The van der Waals surface area contributed by atoms with E-state index in [4.69, 9.17) is 5.26 Å². The number of halogens is 3. The Morgan fingerprint density at radius 2 is 2.24 bits per heavy atom. The molecule has 0 bridgehead atoms. The molecule has 1 aromatic heterocycles. The molecule has 7 heteroatoms. The van der Waals surface area contributed by atoms with Crippen LogP contribution in [-0.4, -0.2) is 14.8 Å². The van der Waals surface area contributed by atoms with Crippen molar-refractivity contribution >= 4 is 11.8 Å². The summed E-state index contributed by atoms with van der Waals surface area (Å²) in [5, 5.41) is 10.4. The molecule has 0 aliphatic carbocycles. The Bertz CT molecular complexity index is 472. The molecule has 0 spiro atoms. The summed E-state index contributed by atoms with van der Waals surface area (Å²) in [4.78, 5) is 3.96. The third-order valence-electron chi connectivity index (χ3n) is 2.78. The van der Waals surface area contributed by atoms with Gasteiger partial charge in [0.2, 0.25) is 0 Å². The van der Waals surface area contributed by atoms with E-state index in [9.17, 15) is 13.2 Å². The summed E-state index contributed by atoms with van der Waals surface area (Å²) in [5.74, 6) is 0.476. The van der Waals surface area contributed by atoms with E-state index < -0.39 is 11.9 Å². The summed E-state index contributed by atoms with van der Waals surface area (Å²) in [6, 6.07) is 0. The van der Waals surface area contributed by atoms with E-state index in [2.05, 4.69) is 4.98 Å². The first-order valence-corrected chi connectivity index (χ1v) is 5.99. The Morgan fingerprint density at radius 3 is 2.82 bits per heavy atom. The summed E-state index contributed by atoms with van der Waals surface area (Å²) in [5.41, 5.74) is -0.647. The quantitative estimate of drug-likeness (QED) is 0.730. The van der Waals surface area contributed by atoms with Crippen molar-refractivity contribution in [2.75, 3.05) is 0 Å². The normalized spacial score (nSPS) is 19.8. The molecule has 17 heavy (non-hydrogen) atoms. The van der Waals surface area contributed by atoms with Gasteiger partial charge in [-0.1, -0.05) is 0 Å². The van der Waals surface area contributed by atoms with Crippen LogP contribution in [0.1, 0.15) is 23.6 Å². The van der Waals surface area contributed by atoms with Crippen LogP contribution in [0.25, 0.3) is 0 Å². The zero-order chi connectivity index (χ0) is 12.6. The second-order valence-electron chi connectivity index (χ2n) is 3.94. The molecule has 92 valence electrons. The fourth-order valence-electron chi connectivity index (χ4n) is 2.13. The van der Waals surface area contributed by atoms with E-state index in [0.29, 0.717) is 18.7 Å². The van der Waals surface area contributed by atoms with Crippen molar-refractivity contribution in [3.8, 4) is 5.40 Å². The molecule has 1 aromatic rings. The van der Waals surface area contributed by atoms with E-state index in [1.165, 1.54) is 11.5 Å². The minimum Gasteiger partial charge on any atom is -0.323 e. The number of thioether (sulfide) groups is 1. The molecule has 0 amide bonds. The number of alkyl halides is 3. The molecule has 1 aliphatic heterocycles. The van der Waals surface area contributed by atoms with E-state index in [-0.39, 0.29) is 17.5 Å². The van der Waals surface area contributed by atoms with Gasteiger partial charge in [-0.3, -0.25) is 0 Å². The number of nitriles is 1. The van der Waals surface area contributed by atoms with Crippen molar-refractivity contribution in [1.29, 1.82) is 5.26 Å². The van der Waals surface area contributed by atoms with Gasteiger partial charge in [-0.15, -0.1) is 0 Å². The highest BCUT2D eigenvalue weighted by Crippen LogP contribution is 2.35. The largest absolute Gasteiger partial charge is 0.433 e. The number of nitrogens with zero attached hydrogens (tertiary/aromatic N) is 3. The lowest BCUT2D eigenvalue weighted by Gasteiger charge is -2.23. The van der Waals surface area contributed by atoms with Gasteiger partial charge in [0, 0.05) is 18.2 Å². The zero-order valence-corrected chi connectivity index (χ0v) is 9.90. The van der Waals surface area contributed by atoms with Crippen molar-refractivity contribution in [1.82, 2.24) is 9.55 Å². The van der Waals surface area contributed by atoms with Gasteiger partial charge in [0.15, 0.2) is 0 Å². The minimum atomic E-state index is -4.38. The van der Waals surface area contributed by atoms with Crippen molar-refractivity contribution in [3.63, 3.8) is 0 Å². The molecule has 2 heterocycles. The molecule has 1 aliphatic rings. The lowest BCUT2D eigenvalue weighted by atomic mass is 10.1. The number of hydrogen-bond acceptors (Lipinski definition) is 3. The fourth-order valence-corrected chi connectivity index (χ4v) is 2.74. The predicted molar refractivity (Wildman–Crippen MR) is 57.3 cm³/mol. The maximum atomic E-state index is 12.9. The summed E-state index contributed by atoms with van der Waals surface area (Å²) in [6.07, 6.45) is -3.18. The molecule has 0 saturated carbocycles. The van der Waals surface area contributed by atoms with Crippen LogP contribution in [0, 0.1) is 17.6 Å². The number of imidazole rings is 1. The zero-order valence-electron chi connectivity index (χ0n) is 9.08. The molecule has 0 aromatic carbocycles. The van der Waals surface area contributed by atoms with Gasteiger partial charge >= 0.3 is 6.18 Å². The maximum Gasteiger partial charge on any atom is 0.433 e. The van der Waals surface area contributed by atoms with Crippen LogP contribution in [0.3, 0.4) is 0 Å². The molecular weight excluding hydrogens is 251 g/mol. The molecular formula is C10H10F3N3S. The number of rotatable bonds is 1. The summed E-state index contributed by atoms with van der Waals surface area (Å²) in [6.45, 7) is 1.59. The van der Waals surface area contributed by atoms with E-state index in [1.807, 2.05) is 5.40 Å². The second kappa shape index (κ2) is 4.26. The Kier molecular flexibility index (Phi) is 3.08. The first-order valence-electron chi connectivity index (χ1n) is 5.11. The molecule has 1 unspecified atom stereocenters. The van der Waals surface area contributed by atoms with Gasteiger partial charge < -0.3 is 4.57 Å². The van der Waals surface area contributed by atoms with Gasteiger partial charge in [0.25, 0.3) is 0 Å². The van der Waals surface area contributed by atoms with Crippen molar-refractivity contribution in [2.45, 2.75) is 37.7 Å². The standard InChI is InChI=1S/C10H10F3N3S/c1-6-9(10(11,12)13)16-4-7(17-5-14)2-3-8(16)15-6/h7H,2-4H2,1H3. The second-order valence-corrected chi connectivity index (χ2v) is 5.03. The third kappa shape index (κ3) is 2.27. The summed E-state index contributed by atoms with van der Waals surface area (Å²) < 4.78 is 39.8. The van der Waals surface area contributed by atoms with E-state index in [1.54, 1.807) is 0 Å². The third-order valence-corrected chi connectivity index (χ3v) is 3.61. The van der Waals surface area contributed by atoms with Crippen LogP contribution in [0.4, 0.5) is 13.2 Å². The molecule has 0 fully saturated rings. The van der Waals surface area contributed by atoms with Crippen LogP contribution in [0.2, 0.25) is 0 Å². The minimum absolute atomic E-state index is 0.0232. The Labute approximate surface area is 101 Å². The fraction of sp³-hybridized carbons (Fsp3) is 0.600. The first-order chi connectivity index (χ1) is 7.93. The summed E-state index contributed by atoms with van der Waals surface area (Å²) in [7, 11) is 0. The highest BCUT2D eigenvalue weighted by atomic mass is 32.2. The monoisotopic (exact) mass is 261 g/mol. The average molecular weight is 261 g/mol. The highest BCUT2D eigenvalue weighted by Gasteiger charge is 2.39. The molecule has 2 rings (SSSR count).